The van der Waals surface area contributed by atoms with Crippen LogP contribution in [0.15, 0.2) is 6.07 Å². The number of pyridine rings is 1. The fourth-order valence-electron chi connectivity index (χ4n) is 1.30. The van der Waals surface area contributed by atoms with Crippen LogP contribution in [0.3, 0.4) is 0 Å². The summed E-state index contributed by atoms with van der Waals surface area (Å²) < 4.78 is 0. The van der Waals surface area contributed by atoms with Crippen LogP contribution in [0, 0.1) is 0 Å². The van der Waals surface area contributed by atoms with Crippen molar-refractivity contribution < 1.29 is 4.79 Å². The lowest BCUT2D eigenvalue weighted by Gasteiger charge is -2.11. The zero-order chi connectivity index (χ0) is 13.5. The molecule has 0 spiro atoms. The first-order valence-electron chi connectivity index (χ1n) is 5.62. The molecule has 0 bridgehead atoms. The maximum Gasteiger partial charge on any atom is 0.221 e. The van der Waals surface area contributed by atoms with Crippen molar-refractivity contribution >= 4 is 40.7 Å². The SMILES string of the molecule is CCNc1nc(NCCC(=O)NC)c(Cl)cc1Cl. The summed E-state index contributed by atoms with van der Waals surface area (Å²) in [5.41, 5.74) is 0. The third kappa shape index (κ3) is 4.23. The summed E-state index contributed by atoms with van der Waals surface area (Å²) in [5, 5.41) is 9.48. The Morgan fingerprint density at radius 3 is 2.44 bits per heavy atom. The Hall–Kier alpha value is -1.20. The molecule has 0 unspecified atom stereocenters. The molecule has 7 heteroatoms. The van der Waals surface area contributed by atoms with Gasteiger partial charge >= 0.3 is 0 Å². The third-order valence-corrected chi connectivity index (χ3v) is 2.77. The molecule has 0 radical (unpaired) electrons. The molecule has 18 heavy (non-hydrogen) atoms. The maximum atomic E-state index is 11.1. The smallest absolute Gasteiger partial charge is 0.221 e. The predicted molar refractivity (Wildman–Crippen MR) is 75.6 cm³/mol. The topological polar surface area (TPSA) is 66.0 Å². The van der Waals surface area contributed by atoms with Crippen LogP contribution in [0.25, 0.3) is 0 Å². The lowest BCUT2D eigenvalue weighted by atomic mass is 10.3. The molecule has 0 atom stereocenters. The fourth-order valence-corrected chi connectivity index (χ4v) is 1.79. The Kier molecular flexibility index (Phi) is 6.01. The van der Waals surface area contributed by atoms with E-state index in [4.69, 9.17) is 23.2 Å². The first-order valence-corrected chi connectivity index (χ1v) is 6.38. The monoisotopic (exact) mass is 290 g/mol. The van der Waals surface area contributed by atoms with E-state index in [0.717, 1.165) is 0 Å². The molecule has 1 heterocycles. The van der Waals surface area contributed by atoms with Gasteiger partial charge in [-0.25, -0.2) is 4.98 Å². The van der Waals surface area contributed by atoms with Gasteiger partial charge in [-0.15, -0.1) is 0 Å². The molecule has 1 aromatic heterocycles. The Bertz CT molecular complexity index is 426. The zero-order valence-electron chi connectivity index (χ0n) is 10.3. The summed E-state index contributed by atoms with van der Waals surface area (Å²) >= 11 is 12.0. The number of halogens is 2. The summed E-state index contributed by atoms with van der Waals surface area (Å²) in [5.74, 6) is 1.05. The average Bonchev–Trinajstić information content (AvgIpc) is 2.34. The maximum absolute atomic E-state index is 11.1. The van der Waals surface area contributed by atoms with Gasteiger partial charge in [0.1, 0.15) is 11.6 Å². The standard InChI is InChI=1S/C11H16Cl2N4O/c1-3-15-10-7(12)6-8(13)11(17-10)16-5-4-9(18)14-2/h6H,3-5H2,1-2H3,(H,14,18)(H2,15,16,17). The number of amides is 1. The minimum atomic E-state index is -0.0421. The van der Waals surface area contributed by atoms with Crippen LogP contribution in [0.2, 0.25) is 10.0 Å². The summed E-state index contributed by atoms with van der Waals surface area (Å²) in [6.45, 7) is 3.12. The molecule has 0 fully saturated rings. The van der Waals surface area contributed by atoms with Crippen LogP contribution in [0.1, 0.15) is 13.3 Å². The molecule has 1 rings (SSSR count). The second kappa shape index (κ2) is 7.28. The number of carbonyl (C=O) groups excluding carboxylic acids is 1. The van der Waals surface area contributed by atoms with E-state index in [0.29, 0.717) is 41.2 Å². The molecule has 0 aromatic carbocycles. The average molecular weight is 291 g/mol. The molecule has 0 aliphatic rings. The summed E-state index contributed by atoms with van der Waals surface area (Å²) in [6, 6.07) is 1.62. The number of anilines is 2. The Morgan fingerprint density at radius 1 is 1.28 bits per heavy atom. The number of nitrogens with zero attached hydrogens (tertiary/aromatic N) is 1. The van der Waals surface area contributed by atoms with Crippen LogP contribution in [-0.2, 0) is 4.79 Å². The van der Waals surface area contributed by atoms with Gasteiger partial charge in [-0.2, -0.15) is 0 Å². The van der Waals surface area contributed by atoms with E-state index in [1.165, 1.54) is 0 Å². The molecule has 100 valence electrons. The first kappa shape index (κ1) is 14.9. The molecule has 0 saturated carbocycles. The summed E-state index contributed by atoms with van der Waals surface area (Å²) in [6.07, 6.45) is 0.355. The Morgan fingerprint density at radius 2 is 1.89 bits per heavy atom. The number of aromatic nitrogens is 1. The van der Waals surface area contributed by atoms with Gasteiger partial charge in [-0.05, 0) is 13.0 Å². The summed E-state index contributed by atoms with van der Waals surface area (Å²) in [4.78, 5) is 15.3. The Balaban J connectivity index is 2.69. The number of carbonyl (C=O) groups is 1. The van der Waals surface area contributed by atoms with Gasteiger partial charge in [-0.3, -0.25) is 4.79 Å². The van der Waals surface area contributed by atoms with Gasteiger partial charge in [0.25, 0.3) is 0 Å². The van der Waals surface area contributed by atoms with E-state index in [9.17, 15) is 4.79 Å². The quantitative estimate of drug-likeness (QED) is 0.753. The van der Waals surface area contributed by atoms with Crippen LogP contribution in [-0.4, -0.2) is 31.0 Å². The number of hydrogen-bond donors (Lipinski definition) is 3. The lowest BCUT2D eigenvalue weighted by Crippen LogP contribution is -2.21. The molecule has 0 aliphatic carbocycles. The molecular formula is C11H16Cl2N4O. The zero-order valence-corrected chi connectivity index (χ0v) is 11.8. The van der Waals surface area contributed by atoms with Crippen molar-refractivity contribution in [2.45, 2.75) is 13.3 Å². The minimum absolute atomic E-state index is 0.0421. The van der Waals surface area contributed by atoms with Crippen LogP contribution < -0.4 is 16.0 Å². The second-order valence-corrected chi connectivity index (χ2v) is 4.34. The van der Waals surface area contributed by atoms with Crippen molar-refractivity contribution in [2.75, 3.05) is 30.8 Å². The number of rotatable bonds is 6. The molecular weight excluding hydrogens is 275 g/mol. The largest absolute Gasteiger partial charge is 0.369 e. The molecule has 3 N–H and O–H groups in total. The van der Waals surface area contributed by atoms with E-state index in [2.05, 4.69) is 20.9 Å². The van der Waals surface area contributed by atoms with Crippen molar-refractivity contribution in [2.24, 2.45) is 0 Å². The van der Waals surface area contributed by atoms with Gasteiger partial charge in [0.2, 0.25) is 5.91 Å². The van der Waals surface area contributed by atoms with E-state index in [1.54, 1.807) is 13.1 Å². The van der Waals surface area contributed by atoms with Gasteiger partial charge in [0.05, 0.1) is 10.0 Å². The van der Waals surface area contributed by atoms with Crippen LogP contribution >= 0.6 is 23.2 Å². The van der Waals surface area contributed by atoms with Gasteiger partial charge < -0.3 is 16.0 Å². The molecule has 5 nitrogen and oxygen atoms in total. The summed E-state index contributed by atoms with van der Waals surface area (Å²) in [7, 11) is 1.60. The number of nitrogens with one attached hydrogen (secondary N) is 3. The van der Waals surface area contributed by atoms with Crippen LogP contribution in [0.4, 0.5) is 11.6 Å². The normalized spacial score (nSPS) is 10.0. The molecule has 0 saturated heterocycles. The van der Waals surface area contributed by atoms with Crippen molar-refractivity contribution in [3.63, 3.8) is 0 Å². The second-order valence-electron chi connectivity index (χ2n) is 3.53. The van der Waals surface area contributed by atoms with E-state index >= 15 is 0 Å². The van der Waals surface area contributed by atoms with Crippen molar-refractivity contribution in [1.82, 2.24) is 10.3 Å². The highest BCUT2D eigenvalue weighted by atomic mass is 35.5. The lowest BCUT2D eigenvalue weighted by molar-refractivity contribution is -0.120. The predicted octanol–water partition coefficient (Wildman–Crippen LogP) is 2.37. The highest BCUT2D eigenvalue weighted by Gasteiger charge is 2.08. The highest BCUT2D eigenvalue weighted by Crippen LogP contribution is 2.28. The fraction of sp³-hybridized carbons (Fsp3) is 0.455. The third-order valence-electron chi connectivity index (χ3n) is 2.20. The minimum Gasteiger partial charge on any atom is -0.369 e. The van der Waals surface area contributed by atoms with Gasteiger partial charge in [-0.1, -0.05) is 23.2 Å². The molecule has 1 aromatic rings. The molecule has 1 amide bonds. The highest BCUT2D eigenvalue weighted by molar-refractivity contribution is 6.37. The molecule has 0 aliphatic heterocycles. The van der Waals surface area contributed by atoms with E-state index in [1.807, 2.05) is 6.92 Å². The van der Waals surface area contributed by atoms with Crippen molar-refractivity contribution in [3.05, 3.63) is 16.1 Å². The van der Waals surface area contributed by atoms with E-state index < -0.39 is 0 Å². The Labute approximate surface area is 116 Å². The number of hydrogen-bond acceptors (Lipinski definition) is 4. The van der Waals surface area contributed by atoms with Crippen LogP contribution in [0.5, 0.6) is 0 Å². The van der Waals surface area contributed by atoms with Gasteiger partial charge in [0, 0.05) is 26.6 Å². The van der Waals surface area contributed by atoms with Crippen molar-refractivity contribution in [1.29, 1.82) is 0 Å². The van der Waals surface area contributed by atoms with Gasteiger partial charge in [0.15, 0.2) is 0 Å². The first-order chi connectivity index (χ1) is 8.58. The van der Waals surface area contributed by atoms with Crippen molar-refractivity contribution in [3.8, 4) is 0 Å². The van der Waals surface area contributed by atoms with E-state index in [-0.39, 0.29) is 5.91 Å².